The van der Waals surface area contributed by atoms with Crippen LogP contribution in [0.1, 0.15) is 69.9 Å². The van der Waals surface area contributed by atoms with E-state index in [9.17, 15) is 19.2 Å². The Bertz CT molecular complexity index is 1080. The van der Waals surface area contributed by atoms with Crippen molar-refractivity contribution in [1.29, 1.82) is 0 Å². The predicted octanol–water partition coefficient (Wildman–Crippen LogP) is 5.52. The van der Waals surface area contributed by atoms with E-state index in [2.05, 4.69) is 5.32 Å². The van der Waals surface area contributed by atoms with Gasteiger partial charge in [0.1, 0.15) is 5.78 Å². The van der Waals surface area contributed by atoms with Gasteiger partial charge in [0.05, 0.1) is 19.1 Å². The third kappa shape index (κ3) is 10.8. The Morgan fingerprint density at radius 1 is 0.872 bits per heavy atom. The number of ether oxygens (including phenoxy) is 1. The zero-order valence-corrected chi connectivity index (χ0v) is 23.6. The average molecular weight is 534 g/mol. The third-order valence-electron chi connectivity index (χ3n) is 7.40. The molecule has 6 nitrogen and oxygen atoms in total. The first kappa shape index (κ1) is 30.3. The molecule has 0 aliphatic heterocycles. The summed E-state index contributed by atoms with van der Waals surface area (Å²) >= 11 is 0. The van der Waals surface area contributed by atoms with Crippen molar-refractivity contribution in [2.45, 2.75) is 77.7 Å². The van der Waals surface area contributed by atoms with Gasteiger partial charge >= 0.3 is 5.97 Å². The van der Waals surface area contributed by atoms with E-state index in [0.29, 0.717) is 38.0 Å². The van der Waals surface area contributed by atoms with Crippen LogP contribution in [-0.4, -0.2) is 36.6 Å². The fourth-order valence-corrected chi connectivity index (χ4v) is 5.03. The third-order valence-corrected chi connectivity index (χ3v) is 7.40. The van der Waals surface area contributed by atoms with Gasteiger partial charge in [-0.3, -0.25) is 19.2 Å². The summed E-state index contributed by atoms with van der Waals surface area (Å²) in [5.41, 5.74) is 2.06. The van der Waals surface area contributed by atoms with Gasteiger partial charge in [0.25, 0.3) is 0 Å². The molecule has 1 amide bonds. The van der Waals surface area contributed by atoms with Crippen molar-refractivity contribution in [3.63, 3.8) is 0 Å². The molecule has 2 aromatic rings. The summed E-state index contributed by atoms with van der Waals surface area (Å²) in [5, 5.41) is 2.99. The van der Waals surface area contributed by atoms with Crippen LogP contribution in [0.3, 0.4) is 0 Å². The molecule has 210 valence electrons. The van der Waals surface area contributed by atoms with Crippen molar-refractivity contribution in [2.75, 3.05) is 7.11 Å². The van der Waals surface area contributed by atoms with Crippen LogP contribution in [0.2, 0.25) is 0 Å². The minimum atomic E-state index is -0.724. The number of methoxy groups -OCH3 is 1. The van der Waals surface area contributed by atoms with E-state index in [4.69, 9.17) is 4.74 Å². The first-order valence-electron chi connectivity index (χ1n) is 14.3. The predicted molar refractivity (Wildman–Crippen MR) is 152 cm³/mol. The fourth-order valence-electron chi connectivity index (χ4n) is 5.03. The van der Waals surface area contributed by atoms with Crippen LogP contribution in [0.5, 0.6) is 0 Å². The second-order valence-corrected chi connectivity index (χ2v) is 11.4. The van der Waals surface area contributed by atoms with E-state index < -0.39 is 23.8 Å². The normalized spacial score (nSPS) is 15.3. The summed E-state index contributed by atoms with van der Waals surface area (Å²) in [6.07, 6.45) is 4.94. The highest BCUT2D eigenvalue weighted by molar-refractivity contribution is 5.93. The van der Waals surface area contributed by atoms with E-state index in [1.807, 2.05) is 74.5 Å². The first-order chi connectivity index (χ1) is 18.7. The topological polar surface area (TPSA) is 89.5 Å². The van der Waals surface area contributed by atoms with Gasteiger partial charge in [-0.2, -0.15) is 0 Å². The van der Waals surface area contributed by atoms with Crippen LogP contribution in [0.4, 0.5) is 0 Å². The lowest BCUT2D eigenvalue weighted by Crippen LogP contribution is -2.45. The number of benzene rings is 2. The largest absolute Gasteiger partial charge is 0.469 e. The monoisotopic (exact) mass is 533 g/mol. The Morgan fingerprint density at radius 3 is 2.05 bits per heavy atom. The molecule has 1 N–H and O–H groups in total. The number of hydrogen-bond acceptors (Lipinski definition) is 5. The van der Waals surface area contributed by atoms with Crippen molar-refractivity contribution in [1.82, 2.24) is 5.32 Å². The SMILES string of the molecule is COC(=O)[C@@H](CC(=O)[C@H](CC(C)C)NC(=O)[C@H](CCc1ccccc1)CC(=O)CC1CC1)Cc1ccccc1. The molecular weight excluding hydrogens is 490 g/mol. The van der Waals surface area contributed by atoms with Crippen molar-refractivity contribution < 1.29 is 23.9 Å². The van der Waals surface area contributed by atoms with Crippen LogP contribution in [0, 0.1) is 23.7 Å². The minimum absolute atomic E-state index is 0.0193. The second-order valence-electron chi connectivity index (χ2n) is 11.4. The summed E-state index contributed by atoms with van der Waals surface area (Å²) in [7, 11) is 1.33. The quantitative estimate of drug-likeness (QED) is 0.271. The van der Waals surface area contributed by atoms with Gasteiger partial charge in [0, 0.05) is 25.2 Å². The number of esters is 1. The smallest absolute Gasteiger partial charge is 0.309 e. The number of Topliss-reactive ketones (excluding diaryl/α,β-unsaturated/α-hetero) is 2. The van der Waals surface area contributed by atoms with E-state index in [1.165, 1.54) is 7.11 Å². The molecule has 0 bridgehead atoms. The van der Waals surface area contributed by atoms with Gasteiger partial charge in [-0.1, -0.05) is 74.5 Å². The van der Waals surface area contributed by atoms with Crippen LogP contribution < -0.4 is 5.32 Å². The lowest BCUT2D eigenvalue weighted by molar-refractivity contribution is -0.147. The van der Waals surface area contributed by atoms with Gasteiger partial charge in [0.2, 0.25) is 5.91 Å². The molecule has 0 aromatic heterocycles. The van der Waals surface area contributed by atoms with Crippen LogP contribution in [-0.2, 0) is 36.8 Å². The number of carbonyl (C=O) groups excluding carboxylic acids is 4. The maximum atomic E-state index is 13.6. The number of aryl methyl sites for hydroxylation is 1. The van der Waals surface area contributed by atoms with Crippen molar-refractivity contribution >= 4 is 23.4 Å². The number of carbonyl (C=O) groups is 4. The van der Waals surface area contributed by atoms with Crippen molar-refractivity contribution in [3.8, 4) is 0 Å². The van der Waals surface area contributed by atoms with E-state index in [1.54, 1.807) is 0 Å². The number of amides is 1. The lowest BCUT2D eigenvalue weighted by Gasteiger charge is -2.25. The maximum Gasteiger partial charge on any atom is 0.309 e. The molecule has 0 unspecified atom stereocenters. The number of nitrogens with one attached hydrogen (secondary N) is 1. The Morgan fingerprint density at radius 2 is 1.49 bits per heavy atom. The molecule has 1 aliphatic rings. The summed E-state index contributed by atoms with van der Waals surface area (Å²) in [6.45, 7) is 4.00. The van der Waals surface area contributed by atoms with Crippen molar-refractivity contribution in [3.05, 3.63) is 71.8 Å². The zero-order valence-electron chi connectivity index (χ0n) is 23.6. The van der Waals surface area contributed by atoms with Gasteiger partial charge in [-0.15, -0.1) is 0 Å². The molecule has 0 saturated heterocycles. The minimum Gasteiger partial charge on any atom is -0.469 e. The molecule has 0 radical (unpaired) electrons. The number of ketones is 2. The molecule has 2 aromatic carbocycles. The lowest BCUT2D eigenvalue weighted by atomic mass is 9.88. The van der Waals surface area contributed by atoms with Gasteiger partial charge in [0.15, 0.2) is 5.78 Å². The molecule has 6 heteroatoms. The first-order valence-corrected chi connectivity index (χ1v) is 14.3. The van der Waals surface area contributed by atoms with Gasteiger partial charge in [-0.05, 0) is 61.5 Å². The van der Waals surface area contributed by atoms with Gasteiger partial charge < -0.3 is 10.1 Å². The molecule has 0 spiro atoms. The Balaban J connectivity index is 1.71. The summed E-state index contributed by atoms with van der Waals surface area (Å²) in [4.78, 5) is 52.4. The molecule has 39 heavy (non-hydrogen) atoms. The average Bonchev–Trinajstić information content (AvgIpc) is 3.74. The molecule has 1 saturated carbocycles. The van der Waals surface area contributed by atoms with Crippen LogP contribution in [0.25, 0.3) is 0 Å². The fraction of sp³-hybridized carbons (Fsp3) is 0.515. The van der Waals surface area contributed by atoms with E-state index in [0.717, 1.165) is 24.0 Å². The van der Waals surface area contributed by atoms with Crippen molar-refractivity contribution in [2.24, 2.45) is 23.7 Å². The number of hydrogen-bond donors (Lipinski definition) is 1. The Hall–Kier alpha value is -3.28. The summed E-state index contributed by atoms with van der Waals surface area (Å²) < 4.78 is 5.00. The summed E-state index contributed by atoms with van der Waals surface area (Å²) in [6, 6.07) is 18.7. The molecule has 1 fully saturated rings. The van der Waals surface area contributed by atoms with Crippen LogP contribution >= 0.6 is 0 Å². The molecule has 1 aliphatic carbocycles. The number of rotatable bonds is 17. The second kappa shape index (κ2) is 15.3. The zero-order chi connectivity index (χ0) is 28.2. The Labute approximate surface area is 232 Å². The maximum absolute atomic E-state index is 13.6. The summed E-state index contributed by atoms with van der Waals surface area (Å²) in [5.74, 6) is -1.28. The Kier molecular flexibility index (Phi) is 11.9. The molecular formula is C33H43NO5. The van der Waals surface area contributed by atoms with E-state index >= 15 is 0 Å². The highest BCUT2D eigenvalue weighted by Crippen LogP contribution is 2.33. The van der Waals surface area contributed by atoms with Gasteiger partial charge in [-0.25, -0.2) is 0 Å². The molecule has 3 atom stereocenters. The van der Waals surface area contributed by atoms with Crippen LogP contribution in [0.15, 0.2) is 60.7 Å². The molecule has 3 rings (SSSR count). The highest BCUT2D eigenvalue weighted by atomic mass is 16.5. The highest BCUT2D eigenvalue weighted by Gasteiger charge is 2.32. The van der Waals surface area contributed by atoms with E-state index in [-0.39, 0.29) is 36.2 Å². The standard InChI is InChI=1S/C33H43NO5/c1-23(2)18-30(31(36)22-28(33(38)39-3)19-25-12-8-5-9-13-25)34-32(37)27(21-29(35)20-26-14-15-26)17-16-24-10-6-4-7-11-24/h4-13,23,26-28,30H,14-22H2,1-3H3,(H,34,37)/t27-,28-,30+/m1/s1. The molecule has 0 heterocycles.